The number of rotatable bonds is 9. The van der Waals surface area contributed by atoms with Crippen LogP contribution in [0.3, 0.4) is 0 Å². The molecule has 13 nitrogen and oxygen atoms in total. The van der Waals surface area contributed by atoms with Crippen LogP contribution in [0.4, 0.5) is 24.7 Å². The highest BCUT2D eigenvalue weighted by atomic mass is 79.9. The normalized spacial score (nSPS) is 24.8. The van der Waals surface area contributed by atoms with E-state index < -0.39 is 65.6 Å². The number of aromatic nitrogens is 1. The van der Waals surface area contributed by atoms with Crippen molar-refractivity contribution in [2.24, 2.45) is 0 Å². The molecule has 3 heterocycles. The van der Waals surface area contributed by atoms with Crippen molar-refractivity contribution in [3.05, 3.63) is 47.1 Å². The van der Waals surface area contributed by atoms with Crippen molar-refractivity contribution in [2.75, 3.05) is 30.3 Å². The number of likely N-dealkylation sites (tertiary alicyclic amines) is 1. The summed E-state index contributed by atoms with van der Waals surface area (Å²) in [6, 6.07) is 7.04. The topological polar surface area (TPSA) is 180 Å². The van der Waals surface area contributed by atoms with Gasteiger partial charge in [-0.1, -0.05) is 33.6 Å². The molecule has 1 aromatic carbocycles. The molecule has 0 unspecified atom stereocenters. The molecule has 4 rings (SSSR count). The standard InChI is InChI=1S/C29H33BrClF3N4O9/c1-14(2)38-10-8-28(30,9-11-38)26(43)37-20-16(24(42)36-19-7-6-15(31)12-35-19)4-3-5-17(20)45-25-23(47-27(44)29(32,33)34)22(41)21(40)18(13-39)46-25/h3-7,12,14,18,21-23,25,39-41H,8-11,13H2,1-2H3,(H,37,43)(H,35,36,42)/t18-,21+,22+,23-,25-/m1/s1. The molecule has 5 N–H and O–H groups in total. The van der Waals surface area contributed by atoms with Crippen LogP contribution in [0.15, 0.2) is 36.5 Å². The number of para-hydroxylation sites is 1. The van der Waals surface area contributed by atoms with E-state index in [-0.39, 0.29) is 28.9 Å². The molecule has 258 valence electrons. The average Bonchev–Trinajstić information content (AvgIpc) is 3.02. The molecule has 0 spiro atoms. The Balaban J connectivity index is 1.71. The van der Waals surface area contributed by atoms with E-state index in [1.165, 1.54) is 36.5 Å². The lowest BCUT2D eigenvalue weighted by Gasteiger charge is -2.41. The molecule has 0 radical (unpaired) electrons. The van der Waals surface area contributed by atoms with E-state index in [1.54, 1.807) is 0 Å². The molecule has 2 amide bonds. The number of carbonyl (C=O) groups is 3. The summed E-state index contributed by atoms with van der Waals surface area (Å²) < 4.78 is 53.9. The maximum Gasteiger partial charge on any atom is 0.490 e. The maximum atomic E-state index is 13.8. The Morgan fingerprint density at radius 2 is 1.83 bits per heavy atom. The van der Waals surface area contributed by atoms with Crippen LogP contribution in [0.1, 0.15) is 37.0 Å². The molecule has 2 fully saturated rings. The predicted molar refractivity (Wildman–Crippen MR) is 164 cm³/mol. The molecular weight excluding hydrogens is 721 g/mol. The second-order valence-electron chi connectivity index (χ2n) is 11.2. The zero-order valence-corrected chi connectivity index (χ0v) is 27.4. The van der Waals surface area contributed by atoms with Gasteiger partial charge in [0.1, 0.15) is 34.2 Å². The highest BCUT2D eigenvalue weighted by Crippen LogP contribution is 2.38. The fraction of sp³-hybridized carbons (Fsp3) is 0.517. The number of alkyl halides is 4. The van der Waals surface area contributed by atoms with E-state index in [0.717, 1.165) is 0 Å². The molecule has 5 atom stereocenters. The first-order valence-electron chi connectivity index (χ1n) is 14.4. The number of hydrogen-bond donors (Lipinski definition) is 5. The second kappa shape index (κ2) is 15.0. The molecular formula is C29H33BrClF3N4O9. The minimum Gasteiger partial charge on any atom is -0.459 e. The molecule has 0 bridgehead atoms. The number of nitrogens with one attached hydrogen (secondary N) is 2. The lowest BCUT2D eigenvalue weighted by atomic mass is 9.94. The number of ether oxygens (including phenoxy) is 3. The van der Waals surface area contributed by atoms with Crippen molar-refractivity contribution in [1.82, 2.24) is 9.88 Å². The molecule has 1 aromatic heterocycles. The molecule has 2 aliphatic heterocycles. The van der Waals surface area contributed by atoms with Crippen molar-refractivity contribution in [3.63, 3.8) is 0 Å². The number of benzene rings is 1. The summed E-state index contributed by atoms with van der Waals surface area (Å²) in [6.07, 6.45) is -13.5. The van der Waals surface area contributed by atoms with Gasteiger partial charge in [-0.15, -0.1) is 0 Å². The Morgan fingerprint density at radius 3 is 2.40 bits per heavy atom. The SMILES string of the molecule is CC(C)N1CCC(Br)(C(=O)Nc2c(O[C@@H]3O[C@H](CO)[C@H](O)[C@H](O)[C@H]3OC(=O)C(F)(F)F)cccc2C(=O)Nc2ccc(Cl)cn2)CC1. The largest absolute Gasteiger partial charge is 0.490 e. The molecule has 47 heavy (non-hydrogen) atoms. The van der Waals surface area contributed by atoms with E-state index in [9.17, 15) is 42.9 Å². The number of nitrogens with zero attached hydrogens (tertiary/aromatic N) is 2. The summed E-state index contributed by atoms with van der Waals surface area (Å²) >= 11 is 9.43. The van der Waals surface area contributed by atoms with E-state index in [0.29, 0.717) is 31.0 Å². The highest BCUT2D eigenvalue weighted by Gasteiger charge is 2.52. The molecule has 18 heteroatoms. The van der Waals surface area contributed by atoms with Crippen LogP contribution in [0, 0.1) is 0 Å². The molecule has 2 aromatic rings. The van der Waals surface area contributed by atoms with Gasteiger partial charge in [0.25, 0.3) is 5.91 Å². The van der Waals surface area contributed by atoms with Crippen LogP contribution in [0.2, 0.25) is 5.02 Å². The van der Waals surface area contributed by atoms with Gasteiger partial charge in [-0.3, -0.25) is 9.59 Å². The van der Waals surface area contributed by atoms with Gasteiger partial charge >= 0.3 is 12.1 Å². The average molecular weight is 754 g/mol. The third kappa shape index (κ3) is 8.70. The monoisotopic (exact) mass is 752 g/mol. The second-order valence-corrected chi connectivity index (χ2v) is 13.2. The van der Waals surface area contributed by atoms with Crippen molar-refractivity contribution in [3.8, 4) is 5.75 Å². The fourth-order valence-corrected chi connectivity index (χ4v) is 5.59. The van der Waals surface area contributed by atoms with Gasteiger partial charge in [-0.05, 0) is 51.0 Å². The zero-order chi connectivity index (χ0) is 34.7. The fourth-order valence-electron chi connectivity index (χ4n) is 5.02. The van der Waals surface area contributed by atoms with Crippen molar-refractivity contribution < 1.29 is 57.1 Å². The molecule has 2 saturated heterocycles. The number of anilines is 2. The van der Waals surface area contributed by atoms with E-state index in [4.69, 9.17) is 21.1 Å². The predicted octanol–water partition coefficient (Wildman–Crippen LogP) is 2.86. The van der Waals surface area contributed by atoms with Crippen molar-refractivity contribution in [1.29, 1.82) is 0 Å². The number of aliphatic hydroxyl groups is 3. The number of piperidine rings is 1. The number of aliphatic hydroxyl groups excluding tert-OH is 3. The van der Waals surface area contributed by atoms with Crippen molar-refractivity contribution in [2.45, 2.75) is 73.9 Å². The minimum atomic E-state index is -5.48. The number of amides is 2. The number of esters is 1. The van der Waals surface area contributed by atoms with Crippen LogP contribution >= 0.6 is 27.5 Å². The third-order valence-corrected chi connectivity index (χ3v) is 9.13. The summed E-state index contributed by atoms with van der Waals surface area (Å²) in [5.41, 5.74) is -0.429. The van der Waals surface area contributed by atoms with E-state index in [1.807, 2.05) is 13.8 Å². The third-order valence-electron chi connectivity index (χ3n) is 7.75. The van der Waals surface area contributed by atoms with Gasteiger partial charge in [-0.2, -0.15) is 13.2 Å². The summed E-state index contributed by atoms with van der Waals surface area (Å²) in [4.78, 5) is 45.2. The Hall–Kier alpha value is -3.06. The zero-order valence-electron chi connectivity index (χ0n) is 25.0. The van der Waals surface area contributed by atoms with Crippen molar-refractivity contribution >= 4 is 56.8 Å². The van der Waals surface area contributed by atoms with Gasteiger partial charge in [0.2, 0.25) is 12.2 Å². The Labute approximate surface area is 280 Å². The Kier molecular flexibility index (Phi) is 11.7. The van der Waals surface area contributed by atoms with Crippen LogP contribution < -0.4 is 15.4 Å². The summed E-state index contributed by atoms with van der Waals surface area (Å²) in [6.45, 7) is 4.31. The smallest absolute Gasteiger partial charge is 0.459 e. The van der Waals surface area contributed by atoms with E-state index in [2.05, 4.69) is 41.2 Å². The van der Waals surface area contributed by atoms with Crippen LogP contribution in [-0.4, -0.2) is 110 Å². The number of pyridine rings is 1. The van der Waals surface area contributed by atoms with Gasteiger partial charge in [0.05, 0.1) is 22.9 Å². The highest BCUT2D eigenvalue weighted by molar-refractivity contribution is 9.10. The maximum absolute atomic E-state index is 13.8. The van der Waals surface area contributed by atoms with Crippen LogP contribution in [0.5, 0.6) is 5.75 Å². The molecule has 0 aliphatic carbocycles. The van der Waals surface area contributed by atoms with Gasteiger partial charge < -0.3 is 45.1 Å². The number of hydrogen-bond acceptors (Lipinski definition) is 11. The first kappa shape index (κ1) is 36.8. The first-order chi connectivity index (χ1) is 22.0. The summed E-state index contributed by atoms with van der Waals surface area (Å²) in [7, 11) is 0. The summed E-state index contributed by atoms with van der Waals surface area (Å²) in [5.74, 6) is -4.31. The molecule has 0 saturated carbocycles. The molecule has 2 aliphatic rings. The summed E-state index contributed by atoms with van der Waals surface area (Å²) in [5, 5.41) is 36.1. The lowest BCUT2D eigenvalue weighted by molar-refractivity contribution is -0.290. The first-order valence-corrected chi connectivity index (χ1v) is 15.6. The van der Waals surface area contributed by atoms with Gasteiger partial charge in [-0.25, -0.2) is 9.78 Å². The number of halogens is 5. The van der Waals surface area contributed by atoms with Crippen LogP contribution in [-0.2, 0) is 19.1 Å². The van der Waals surface area contributed by atoms with E-state index >= 15 is 0 Å². The number of carbonyl (C=O) groups excluding carboxylic acids is 3. The van der Waals surface area contributed by atoms with Crippen LogP contribution in [0.25, 0.3) is 0 Å². The minimum absolute atomic E-state index is 0.0960. The Morgan fingerprint density at radius 1 is 1.15 bits per heavy atom. The Bertz CT molecular complexity index is 1450. The quantitative estimate of drug-likeness (QED) is 0.188. The van der Waals surface area contributed by atoms with Gasteiger partial charge in [0, 0.05) is 25.3 Å². The lowest BCUT2D eigenvalue weighted by Crippen LogP contribution is -2.61. The van der Waals surface area contributed by atoms with Gasteiger partial charge in [0.15, 0.2) is 6.10 Å².